The van der Waals surface area contributed by atoms with Gasteiger partial charge in [0, 0.05) is 12.4 Å². The number of nitrogens with zero attached hydrogens (tertiary/aromatic N) is 2. The van der Waals surface area contributed by atoms with Crippen LogP contribution in [0.15, 0.2) is 12.4 Å². The van der Waals surface area contributed by atoms with Gasteiger partial charge in [-0.2, -0.15) is 0 Å². The van der Waals surface area contributed by atoms with Crippen molar-refractivity contribution in [1.29, 1.82) is 0 Å². The Kier molecular flexibility index (Phi) is 1.85. The summed E-state index contributed by atoms with van der Waals surface area (Å²) in [6, 6.07) is 0. The molecule has 0 saturated heterocycles. The van der Waals surface area contributed by atoms with Crippen molar-refractivity contribution in [3.63, 3.8) is 0 Å². The lowest BCUT2D eigenvalue weighted by molar-refractivity contribution is 0.396. The van der Waals surface area contributed by atoms with Crippen LogP contribution >= 0.6 is 11.6 Å². The highest BCUT2D eigenvalue weighted by molar-refractivity contribution is 6.30. The first-order valence-corrected chi connectivity index (χ1v) is 2.73. The molecule has 0 aliphatic carbocycles. The average molecular weight is 145 g/mol. The van der Waals surface area contributed by atoms with Gasteiger partial charge in [0.15, 0.2) is 5.15 Å². The lowest BCUT2D eigenvalue weighted by Gasteiger charge is -1.96. The Morgan fingerprint density at radius 2 is 2.11 bits per heavy atom. The Labute approximate surface area is 57.7 Å². The number of ether oxygens (including phenoxy) is 1. The van der Waals surface area contributed by atoms with Gasteiger partial charge in [-0.05, 0) is 0 Å². The number of halogens is 1. The fraction of sp³-hybridized carbons (Fsp3) is 0.200. The van der Waals surface area contributed by atoms with Gasteiger partial charge in [-0.1, -0.05) is 11.6 Å². The summed E-state index contributed by atoms with van der Waals surface area (Å²) in [7, 11) is 1.50. The predicted octanol–water partition coefficient (Wildman–Crippen LogP) is 1.14. The number of methoxy groups -OCH3 is 1. The smallest absolute Gasteiger partial charge is 0.251 e. The minimum absolute atomic E-state index is 0.292. The SMILES string of the molecule is COc1nccnc1Cl. The van der Waals surface area contributed by atoms with Crippen molar-refractivity contribution < 1.29 is 4.74 Å². The topological polar surface area (TPSA) is 35.0 Å². The van der Waals surface area contributed by atoms with Crippen LogP contribution in [-0.2, 0) is 0 Å². The van der Waals surface area contributed by atoms with E-state index in [4.69, 9.17) is 16.3 Å². The monoisotopic (exact) mass is 144 g/mol. The molecule has 0 amide bonds. The van der Waals surface area contributed by atoms with E-state index >= 15 is 0 Å². The third kappa shape index (κ3) is 1.29. The Bertz CT molecular complexity index is 204. The molecule has 0 N–H and O–H groups in total. The summed E-state index contributed by atoms with van der Waals surface area (Å²) in [5, 5.41) is 0.292. The van der Waals surface area contributed by atoms with E-state index in [2.05, 4.69) is 9.97 Å². The minimum Gasteiger partial charge on any atom is -0.479 e. The first-order valence-electron chi connectivity index (χ1n) is 2.35. The summed E-state index contributed by atoms with van der Waals surface area (Å²) in [6.45, 7) is 0. The zero-order valence-electron chi connectivity index (χ0n) is 4.84. The van der Waals surface area contributed by atoms with E-state index in [9.17, 15) is 0 Å². The second-order valence-corrected chi connectivity index (χ2v) is 1.71. The molecule has 9 heavy (non-hydrogen) atoms. The predicted molar refractivity (Wildman–Crippen MR) is 33.6 cm³/mol. The summed E-state index contributed by atoms with van der Waals surface area (Å²) in [5.41, 5.74) is 0. The molecular weight excluding hydrogens is 140 g/mol. The Morgan fingerprint density at radius 1 is 1.44 bits per heavy atom. The van der Waals surface area contributed by atoms with Gasteiger partial charge < -0.3 is 4.74 Å². The number of hydrogen-bond acceptors (Lipinski definition) is 3. The molecule has 48 valence electrons. The fourth-order valence-corrected chi connectivity index (χ4v) is 0.628. The Balaban J connectivity index is 3.01. The summed E-state index contributed by atoms with van der Waals surface area (Å²) in [5.74, 6) is 0.360. The van der Waals surface area contributed by atoms with E-state index in [1.165, 1.54) is 19.5 Å². The fourth-order valence-electron chi connectivity index (χ4n) is 0.445. The Morgan fingerprint density at radius 3 is 2.56 bits per heavy atom. The highest BCUT2D eigenvalue weighted by Gasteiger charge is 1.97. The molecule has 0 fully saturated rings. The summed E-state index contributed by atoms with van der Waals surface area (Å²) in [6.07, 6.45) is 3.02. The van der Waals surface area contributed by atoms with Crippen LogP contribution in [0.4, 0.5) is 0 Å². The Hall–Kier alpha value is -0.830. The van der Waals surface area contributed by atoms with Crippen LogP contribution < -0.4 is 4.74 Å². The van der Waals surface area contributed by atoms with E-state index in [1.54, 1.807) is 0 Å². The van der Waals surface area contributed by atoms with Crippen LogP contribution in [0.1, 0.15) is 0 Å². The van der Waals surface area contributed by atoms with E-state index in [0.717, 1.165) is 0 Å². The number of rotatable bonds is 1. The number of aromatic nitrogens is 2. The summed E-state index contributed by atoms with van der Waals surface area (Å²) >= 11 is 5.53. The molecule has 0 aromatic carbocycles. The van der Waals surface area contributed by atoms with E-state index < -0.39 is 0 Å². The van der Waals surface area contributed by atoms with Gasteiger partial charge in [-0.3, -0.25) is 0 Å². The average Bonchev–Trinajstić information content (AvgIpc) is 1.89. The summed E-state index contributed by atoms with van der Waals surface area (Å²) < 4.78 is 4.74. The molecule has 0 saturated carbocycles. The first kappa shape index (κ1) is 6.29. The van der Waals surface area contributed by atoms with Crippen molar-refractivity contribution in [2.24, 2.45) is 0 Å². The normalized spacial score (nSPS) is 9.11. The van der Waals surface area contributed by atoms with Crippen LogP contribution in [0.5, 0.6) is 5.88 Å². The van der Waals surface area contributed by atoms with E-state index in [0.29, 0.717) is 11.0 Å². The maximum atomic E-state index is 5.53. The van der Waals surface area contributed by atoms with Crippen LogP contribution in [-0.4, -0.2) is 17.1 Å². The molecule has 4 heteroatoms. The highest BCUT2D eigenvalue weighted by Crippen LogP contribution is 2.15. The van der Waals surface area contributed by atoms with E-state index in [-0.39, 0.29) is 0 Å². The largest absolute Gasteiger partial charge is 0.479 e. The van der Waals surface area contributed by atoms with Crippen molar-refractivity contribution in [2.75, 3.05) is 7.11 Å². The summed E-state index contributed by atoms with van der Waals surface area (Å²) in [4.78, 5) is 7.51. The van der Waals surface area contributed by atoms with E-state index in [1.807, 2.05) is 0 Å². The third-order valence-corrected chi connectivity index (χ3v) is 1.08. The van der Waals surface area contributed by atoms with Crippen LogP contribution in [0.3, 0.4) is 0 Å². The lowest BCUT2D eigenvalue weighted by atomic mass is 10.7. The first-order chi connectivity index (χ1) is 4.34. The molecule has 1 aromatic rings. The molecule has 3 nitrogen and oxygen atoms in total. The lowest BCUT2D eigenvalue weighted by Crippen LogP contribution is -1.88. The molecule has 1 heterocycles. The van der Waals surface area contributed by atoms with Crippen LogP contribution in [0.25, 0.3) is 0 Å². The zero-order valence-corrected chi connectivity index (χ0v) is 5.59. The van der Waals surface area contributed by atoms with Gasteiger partial charge in [0.05, 0.1) is 7.11 Å². The van der Waals surface area contributed by atoms with Crippen molar-refractivity contribution in [1.82, 2.24) is 9.97 Å². The van der Waals surface area contributed by atoms with Crippen molar-refractivity contribution in [3.8, 4) is 5.88 Å². The molecule has 1 aromatic heterocycles. The van der Waals surface area contributed by atoms with Crippen LogP contribution in [0.2, 0.25) is 5.15 Å². The second-order valence-electron chi connectivity index (χ2n) is 1.36. The van der Waals surface area contributed by atoms with Gasteiger partial charge in [0.2, 0.25) is 0 Å². The molecule has 1 rings (SSSR count). The zero-order chi connectivity index (χ0) is 6.69. The van der Waals surface area contributed by atoms with Gasteiger partial charge in [0.25, 0.3) is 5.88 Å². The van der Waals surface area contributed by atoms with Crippen molar-refractivity contribution >= 4 is 11.6 Å². The third-order valence-electron chi connectivity index (χ3n) is 0.816. The molecule has 0 spiro atoms. The van der Waals surface area contributed by atoms with Gasteiger partial charge in [-0.25, -0.2) is 9.97 Å². The maximum absolute atomic E-state index is 5.53. The molecule has 0 atom stereocenters. The standard InChI is InChI=1S/C5H5ClN2O/c1-9-5-4(6)7-2-3-8-5/h2-3H,1H3. The van der Waals surface area contributed by atoms with Crippen LogP contribution in [0, 0.1) is 0 Å². The minimum atomic E-state index is 0.292. The van der Waals surface area contributed by atoms with Crippen molar-refractivity contribution in [2.45, 2.75) is 0 Å². The molecule has 0 bridgehead atoms. The molecule has 0 aliphatic heterocycles. The molecule has 0 aliphatic rings. The quantitative estimate of drug-likeness (QED) is 0.593. The van der Waals surface area contributed by atoms with Gasteiger partial charge in [-0.15, -0.1) is 0 Å². The maximum Gasteiger partial charge on any atom is 0.251 e. The molecular formula is C5H5ClN2O. The second kappa shape index (κ2) is 2.64. The molecule has 0 radical (unpaired) electrons. The van der Waals surface area contributed by atoms with Crippen molar-refractivity contribution in [3.05, 3.63) is 17.5 Å². The highest BCUT2D eigenvalue weighted by atomic mass is 35.5. The molecule has 0 unspecified atom stereocenters. The van der Waals surface area contributed by atoms with Gasteiger partial charge in [0.1, 0.15) is 0 Å². The van der Waals surface area contributed by atoms with Gasteiger partial charge >= 0.3 is 0 Å². The number of hydrogen-bond donors (Lipinski definition) is 0.